The summed E-state index contributed by atoms with van der Waals surface area (Å²) in [4.78, 5) is 4.44. The number of rotatable bonds is 1. The van der Waals surface area contributed by atoms with Gasteiger partial charge in [-0.25, -0.2) is 0 Å². The van der Waals surface area contributed by atoms with Crippen molar-refractivity contribution in [1.29, 1.82) is 0 Å². The van der Waals surface area contributed by atoms with Gasteiger partial charge in [-0.2, -0.15) is 0 Å². The van der Waals surface area contributed by atoms with Crippen LogP contribution in [0.1, 0.15) is 32.2 Å². The van der Waals surface area contributed by atoms with E-state index in [1.165, 1.54) is 0 Å². The van der Waals surface area contributed by atoms with E-state index in [9.17, 15) is 0 Å². The first-order valence-corrected chi connectivity index (χ1v) is 4.20. The maximum atomic E-state index is 5.50. The minimum Gasteiger partial charge on any atom is -0.325 e. The van der Waals surface area contributed by atoms with Crippen molar-refractivity contribution in [3.05, 3.63) is 29.6 Å². The molecular formula is C10H16N2. The number of nitrogens with zero attached hydrogens (tertiary/aromatic N) is 1. The molecule has 1 heterocycles. The number of aromatic nitrogens is 1. The number of hydrogen-bond donors (Lipinski definition) is 1. The van der Waals surface area contributed by atoms with Crippen molar-refractivity contribution in [2.24, 2.45) is 5.73 Å². The van der Waals surface area contributed by atoms with Crippen LogP contribution in [-0.2, 0) is 12.0 Å². The van der Waals surface area contributed by atoms with Crippen molar-refractivity contribution in [1.82, 2.24) is 4.98 Å². The predicted octanol–water partition coefficient (Wildman–Crippen LogP) is 1.84. The molecule has 1 aromatic rings. The molecular weight excluding hydrogens is 148 g/mol. The van der Waals surface area contributed by atoms with Gasteiger partial charge in [-0.05, 0) is 12.1 Å². The second kappa shape index (κ2) is 3.23. The summed E-state index contributed by atoms with van der Waals surface area (Å²) in [5.41, 5.74) is 7.68. The van der Waals surface area contributed by atoms with E-state index in [2.05, 4.69) is 25.8 Å². The van der Waals surface area contributed by atoms with E-state index in [1.54, 1.807) is 0 Å². The van der Waals surface area contributed by atoms with Crippen molar-refractivity contribution in [3.63, 3.8) is 0 Å². The smallest absolute Gasteiger partial charge is 0.0543 e. The molecule has 2 N–H and O–H groups in total. The summed E-state index contributed by atoms with van der Waals surface area (Å²) in [5.74, 6) is 0. The molecule has 0 unspecified atom stereocenters. The topological polar surface area (TPSA) is 38.9 Å². The van der Waals surface area contributed by atoms with Crippen LogP contribution in [0.25, 0.3) is 0 Å². The zero-order valence-electron chi connectivity index (χ0n) is 7.96. The molecule has 0 fully saturated rings. The number of pyridine rings is 1. The van der Waals surface area contributed by atoms with Crippen LogP contribution in [0.3, 0.4) is 0 Å². The Morgan fingerprint density at radius 1 is 1.33 bits per heavy atom. The van der Waals surface area contributed by atoms with Crippen LogP contribution in [0.4, 0.5) is 0 Å². The maximum Gasteiger partial charge on any atom is 0.0543 e. The fraction of sp³-hybridized carbons (Fsp3) is 0.500. The van der Waals surface area contributed by atoms with Gasteiger partial charge in [-0.15, -0.1) is 0 Å². The Morgan fingerprint density at radius 2 is 2.00 bits per heavy atom. The molecule has 1 aromatic heterocycles. The first kappa shape index (κ1) is 9.20. The lowest BCUT2D eigenvalue weighted by molar-refractivity contribution is 0.565. The molecule has 66 valence electrons. The third kappa shape index (κ3) is 2.05. The van der Waals surface area contributed by atoms with E-state index in [1.807, 2.05) is 18.2 Å². The van der Waals surface area contributed by atoms with E-state index in [0.29, 0.717) is 6.54 Å². The lowest BCUT2D eigenvalue weighted by Gasteiger charge is -2.17. The van der Waals surface area contributed by atoms with Gasteiger partial charge in [0.15, 0.2) is 0 Å². The molecule has 0 saturated heterocycles. The fourth-order valence-electron chi connectivity index (χ4n) is 1.01. The van der Waals surface area contributed by atoms with Gasteiger partial charge < -0.3 is 5.73 Å². The fourth-order valence-corrected chi connectivity index (χ4v) is 1.01. The number of hydrogen-bond acceptors (Lipinski definition) is 2. The van der Waals surface area contributed by atoms with E-state index >= 15 is 0 Å². The van der Waals surface area contributed by atoms with Crippen LogP contribution in [0.5, 0.6) is 0 Å². The summed E-state index contributed by atoms with van der Waals surface area (Å²) in [6, 6.07) is 6.00. The average molecular weight is 164 g/mol. The Labute approximate surface area is 73.8 Å². The van der Waals surface area contributed by atoms with Gasteiger partial charge >= 0.3 is 0 Å². The summed E-state index contributed by atoms with van der Waals surface area (Å²) in [6.45, 7) is 6.96. The Balaban J connectivity index is 3.02. The van der Waals surface area contributed by atoms with Gasteiger partial charge in [-0.3, -0.25) is 4.98 Å². The average Bonchev–Trinajstić information content (AvgIpc) is 2.03. The standard InChI is InChI=1S/C10H16N2/c1-10(2,3)9-6-4-5-8(7-11)12-9/h4-6H,7,11H2,1-3H3. The Kier molecular flexibility index (Phi) is 2.48. The van der Waals surface area contributed by atoms with Crippen LogP contribution in [0.2, 0.25) is 0 Å². The zero-order chi connectivity index (χ0) is 9.19. The molecule has 0 saturated carbocycles. The van der Waals surface area contributed by atoms with Crippen LogP contribution in [0.15, 0.2) is 18.2 Å². The van der Waals surface area contributed by atoms with Gasteiger partial charge in [-0.1, -0.05) is 26.8 Å². The molecule has 0 aliphatic heterocycles. The second-order valence-corrected chi connectivity index (χ2v) is 3.97. The molecule has 0 amide bonds. The van der Waals surface area contributed by atoms with E-state index in [-0.39, 0.29) is 5.41 Å². The van der Waals surface area contributed by atoms with Gasteiger partial charge in [0.05, 0.1) is 5.69 Å². The summed E-state index contributed by atoms with van der Waals surface area (Å²) >= 11 is 0. The lowest BCUT2D eigenvalue weighted by Crippen LogP contribution is -2.15. The van der Waals surface area contributed by atoms with Crippen LogP contribution >= 0.6 is 0 Å². The third-order valence-corrected chi connectivity index (χ3v) is 1.78. The highest BCUT2D eigenvalue weighted by atomic mass is 14.8. The molecule has 0 aliphatic carbocycles. The largest absolute Gasteiger partial charge is 0.325 e. The van der Waals surface area contributed by atoms with Crippen molar-refractivity contribution in [2.45, 2.75) is 32.7 Å². The molecule has 2 nitrogen and oxygen atoms in total. The first-order chi connectivity index (χ1) is 5.54. The highest BCUT2D eigenvalue weighted by Crippen LogP contribution is 2.19. The normalized spacial score (nSPS) is 11.7. The highest BCUT2D eigenvalue weighted by Gasteiger charge is 2.14. The number of nitrogens with two attached hydrogens (primary N) is 1. The second-order valence-electron chi connectivity index (χ2n) is 3.97. The Bertz CT molecular complexity index is 261. The molecule has 12 heavy (non-hydrogen) atoms. The van der Waals surface area contributed by atoms with Crippen LogP contribution < -0.4 is 5.73 Å². The molecule has 0 bridgehead atoms. The van der Waals surface area contributed by atoms with E-state index < -0.39 is 0 Å². The maximum absolute atomic E-state index is 5.50. The van der Waals surface area contributed by atoms with Gasteiger partial charge in [0, 0.05) is 17.7 Å². The molecule has 0 aliphatic rings. The van der Waals surface area contributed by atoms with Crippen LogP contribution in [-0.4, -0.2) is 4.98 Å². The molecule has 0 spiro atoms. The monoisotopic (exact) mass is 164 g/mol. The minimum absolute atomic E-state index is 0.116. The third-order valence-electron chi connectivity index (χ3n) is 1.78. The highest BCUT2D eigenvalue weighted by molar-refractivity contribution is 5.17. The summed E-state index contributed by atoms with van der Waals surface area (Å²) in [7, 11) is 0. The van der Waals surface area contributed by atoms with E-state index in [0.717, 1.165) is 11.4 Å². The SMILES string of the molecule is CC(C)(C)c1cccc(CN)n1. The first-order valence-electron chi connectivity index (χ1n) is 4.20. The van der Waals surface area contributed by atoms with Crippen molar-refractivity contribution >= 4 is 0 Å². The zero-order valence-corrected chi connectivity index (χ0v) is 7.96. The molecule has 0 aromatic carbocycles. The van der Waals surface area contributed by atoms with Crippen molar-refractivity contribution in [2.75, 3.05) is 0 Å². The van der Waals surface area contributed by atoms with Crippen LogP contribution in [0, 0.1) is 0 Å². The Hall–Kier alpha value is -0.890. The van der Waals surface area contributed by atoms with E-state index in [4.69, 9.17) is 5.73 Å². The molecule has 2 heteroatoms. The van der Waals surface area contributed by atoms with Gasteiger partial charge in [0.25, 0.3) is 0 Å². The predicted molar refractivity (Wildman–Crippen MR) is 50.8 cm³/mol. The summed E-state index contributed by atoms with van der Waals surface area (Å²) in [5, 5.41) is 0. The van der Waals surface area contributed by atoms with Gasteiger partial charge in [0.2, 0.25) is 0 Å². The lowest BCUT2D eigenvalue weighted by atomic mass is 9.91. The summed E-state index contributed by atoms with van der Waals surface area (Å²) < 4.78 is 0. The quantitative estimate of drug-likeness (QED) is 0.687. The van der Waals surface area contributed by atoms with Crippen molar-refractivity contribution in [3.8, 4) is 0 Å². The van der Waals surface area contributed by atoms with Crippen molar-refractivity contribution < 1.29 is 0 Å². The Morgan fingerprint density at radius 3 is 2.50 bits per heavy atom. The summed E-state index contributed by atoms with van der Waals surface area (Å²) in [6.07, 6.45) is 0. The minimum atomic E-state index is 0.116. The van der Waals surface area contributed by atoms with Gasteiger partial charge in [0.1, 0.15) is 0 Å². The molecule has 1 rings (SSSR count). The molecule has 0 atom stereocenters. The molecule has 0 radical (unpaired) electrons.